The number of carbonyl (C=O) groups excluding carboxylic acids is 1. The number of nitrogens with zero attached hydrogens (tertiary/aromatic N) is 3. The Labute approximate surface area is 160 Å². The summed E-state index contributed by atoms with van der Waals surface area (Å²) in [5.41, 5.74) is 1.19. The average molecular weight is 387 g/mol. The summed E-state index contributed by atoms with van der Waals surface area (Å²) in [6, 6.07) is 5.41. The number of carbonyl (C=O) groups is 1. The first-order chi connectivity index (χ1) is 11.3. The van der Waals surface area contributed by atoms with Gasteiger partial charge in [0.1, 0.15) is 0 Å². The molecule has 2 aromatic rings. The molecule has 0 aromatic carbocycles. The molecule has 1 fully saturated rings. The van der Waals surface area contributed by atoms with E-state index in [1.54, 1.807) is 18.5 Å². The van der Waals surface area contributed by atoms with Gasteiger partial charge in [-0.1, -0.05) is 12.1 Å². The summed E-state index contributed by atoms with van der Waals surface area (Å²) in [5.74, 6) is 1.18. The number of nitrogens with one attached hydrogen (secondary N) is 1. The number of rotatable bonds is 5. The molecule has 0 bridgehead atoms. The van der Waals surface area contributed by atoms with Gasteiger partial charge in [0.25, 0.3) is 5.91 Å². The summed E-state index contributed by atoms with van der Waals surface area (Å²) in [6.45, 7) is 5.71. The fourth-order valence-corrected chi connectivity index (χ4v) is 2.87. The Bertz CT molecular complexity index is 643. The fraction of sp³-hybridized carbons (Fsp3) is 0.471. The van der Waals surface area contributed by atoms with Crippen LogP contribution in [-0.2, 0) is 0 Å². The Morgan fingerprint density at radius 2 is 2.12 bits per heavy atom. The fourth-order valence-electron chi connectivity index (χ4n) is 2.87. The van der Waals surface area contributed by atoms with Crippen molar-refractivity contribution in [2.75, 3.05) is 26.2 Å². The van der Waals surface area contributed by atoms with Crippen molar-refractivity contribution in [3.8, 4) is 11.3 Å². The minimum Gasteiger partial charge on any atom is -0.355 e. The van der Waals surface area contributed by atoms with E-state index in [-0.39, 0.29) is 30.7 Å². The smallest absolute Gasteiger partial charge is 0.276 e. The van der Waals surface area contributed by atoms with Crippen LogP contribution in [0.5, 0.6) is 0 Å². The van der Waals surface area contributed by atoms with E-state index in [0.29, 0.717) is 17.4 Å². The third-order valence-corrected chi connectivity index (χ3v) is 4.26. The highest BCUT2D eigenvalue weighted by atomic mass is 35.5. The van der Waals surface area contributed by atoms with Crippen LogP contribution in [0, 0.1) is 5.92 Å². The molecular formula is C17H24Cl2N4O2. The number of aromatic nitrogens is 2. The van der Waals surface area contributed by atoms with E-state index < -0.39 is 0 Å². The summed E-state index contributed by atoms with van der Waals surface area (Å²) >= 11 is 0. The molecular weight excluding hydrogens is 363 g/mol. The minimum absolute atomic E-state index is 0. The molecule has 0 radical (unpaired) electrons. The third kappa shape index (κ3) is 5.42. The molecule has 3 heterocycles. The van der Waals surface area contributed by atoms with E-state index in [4.69, 9.17) is 4.52 Å². The third-order valence-electron chi connectivity index (χ3n) is 4.26. The summed E-state index contributed by atoms with van der Waals surface area (Å²) in [5, 5.41) is 7.31. The second kappa shape index (κ2) is 10.4. The molecule has 0 aliphatic carbocycles. The van der Waals surface area contributed by atoms with Gasteiger partial charge < -0.3 is 14.7 Å². The summed E-state index contributed by atoms with van der Waals surface area (Å²) in [4.78, 5) is 18.5. The van der Waals surface area contributed by atoms with Gasteiger partial charge in [-0.15, -0.1) is 24.8 Å². The largest absolute Gasteiger partial charge is 0.355 e. The van der Waals surface area contributed by atoms with E-state index in [1.165, 1.54) is 0 Å². The van der Waals surface area contributed by atoms with Crippen molar-refractivity contribution in [1.82, 2.24) is 20.4 Å². The monoisotopic (exact) mass is 386 g/mol. The molecule has 138 valence electrons. The van der Waals surface area contributed by atoms with Crippen LogP contribution in [0.1, 0.15) is 30.3 Å². The van der Waals surface area contributed by atoms with Crippen molar-refractivity contribution in [3.63, 3.8) is 0 Å². The lowest BCUT2D eigenvalue weighted by atomic mass is 9.96. The van der Waals surface area contributed by atoms with Crippen molar-refractivity contribution >= 4 is 30.7 Å². The van der Waals surface area contributed by atoms with Gasteiger partial charge in [-0.05, 0) is 44.0 Å². The Morgan fingerprint density at radius 3 is 2.76 bits per heavy atom. The van der Waals surface area contributed by atoms with Crippen LogP contribution in [0.15, 0.2) is 35.1 Å². The number of amides is 1. The lowest BCUT2D eigenvalue weighted by molar-refractivity contribution is 0.0680. The number of hydrogen-bond donors (Lipinski definition) is 1. The van der Waals surface area contributed by atoms with E-state index in [9.17, 15) is 4.79 Å². The van der Waals surface area contributed by atoms with Gasteiger partial charge in [-0.25, -0.2) is 0 Å². The lowest BCUT2D eigenvalue weighted by Crippen LogP contribution is -2.40. The number of pyridine rings is 1. The zero-order valence-electron chi connectivity index (χ0n) is 14.2. The molecule has 1 saturated heterocycles. The van der Waals surface area contributed by atoms with Crippen LogP contribution in [0.3, 0.4) is 0 Å². The Morgan fingerprint density at radius 1 is 1.36 bits per heavy atom. The number of piperidine rings is 1. The Hall–Kier alpha value is -1.63. The van der Waals surface area contributed by atoms with Crippen molar-refractivity contribution in [1.29, 1.82) is 0 Å². The minimum atomic E-state index is -0.0502. The van der Waals surface area contributed by atoms with Crippen LogP contribution in [0.4, 0.5) is 0 Å². The SMILES string of the molecule is CCNCC1CCN(C(=O)c2cc(-c3cccnc3)on2)CC1.Cl.Cl. The quantitative estimate of drug-likeness (QED) is 0.854. The summed E-state index contributed by atoms with van der Waals surface area (Å²) in [6.07, 6.45) is 5.46. The molecule has 0 unspecified atom stereocenters. The van der Waals surface area contributed by atoms with Crippen LogP contribution in [0.25, 0.3) is 11.3 Å². The second-order valence-electron chi connectivity index (χ2n) is 5.86. The molecule has 0 saturated carbocycles. The van der Waals surface area contributed by atoms with Gasteiger partial charge in [0.2, 0.25) is 0 Å². The molecule has 0 atom stereocenters. The number of halogens is 2. The number of likely N-dealkylation sites (tertiary alicyclic amines) is 1. The van der Waals surface area contributed by atoms with Crippen LogP contribution in [0.2, 0.25) is 0 Å². The molecule has 1 aliphatic rings. The van der Waals surface area contributed by atoms with E-state index in [2.05, 4.69) is 22.4 Å². The van der Waals surface area contributed by atoms with E-state index >= 15 is 0 Å². The van der Waals surface area contributed by atoms with Crippen LogP contribution in [-0.4, -0.2) is 47.1 Å². The normalized spacial score (nSPS) is 14.5. The van der Waals surface area contributed by atoms with Crippen LogP contribution >= 0.6 is 24.8 Å². The highest BCUT2D eigenvalue weighted by Crippen LogP contribution is 2.22. The van der Waals surface area contributed by atoms with Gasteiger partial charge in [0, 0.05) is 37.1 Å². The molecule has 1 N–H and O–H groups in total. The standard InChI is InChI=1S/C17H22N4O2.2ClH/c1-2-18-11-13-5-8-21(9-6-13)17(22)15-10-16(23-20-15)14-4-3-7-19-12-14;;/h3-4,7,10,12-13,18H,2,5-6,8-9,11H2,1H3;2*1H. The Kier molecular flexibility index (Phi) is 8.89. The van der Waals surface area contributed by atoms with Gasteiger partial charge in [-0.2, -0.15) is 0 Å². The first kappa shape index (κ1) is 21.4. The molecule has 8 heteroatoms. The second-order valence-corrected chi connectivity index (χ2v) is 5.86. The van der Waals surface area contributed by atoms with Gasteiger partial charge in [-0.3, -0.25) is 9.78 Å². The Balaban J connectivity index is 0.00000156. The van der Waals surface area contributed by atoms with Crippen molar-refractivity contribution in [3.05, 3.63) is 36.3 Å². The first-order valence-electron chi connectivity index (χ1n) is 8.15. The van der Waals surface area contributed by atoms with Gasteiger partial charge in [0.15, 0.2) is 11.5 Å². The molecule has 25 heavy (non-hydrogen) atoms. The molecule has 3 rings (SSSR count). The van der Waals surface area contributed by atoms with Crippen LogP contribution < -0.4 is 5.32 Å². The molecule has 2 aromatic heterocycles. The predicted octanol–water partition coefficient (Wildman–Crippen LogP) is 3.04. The van der Waals surface area contributed by atoms with E-state index in [1.807, 2.05) is 17.0 Å². The maximum Gasteiger partial charge on any atom is 0.276 e. The average Bonchev–Trinajstić information content (AvgIpc) is 3.11. The molecule has 1 amide bonds. The maximum absolute atomic E-state index is 12.5. The van der Waals surface area contributed by atoms with Gasteiger partial charge in [0.05, 0.1) is 0 Å². The number of hydrogen-bond acceptors (Lipinski definition) is 5. The highest BCUT2D eigenvalue weighted by molar-refractivity contribution is 5.93. The summed E-state index contributed by atoms with van der Waals surface area (Å²) < 4.78 is 5.29. The summed E-state index contributed by atoms with van der Waals surface area (Å²) in [7, 11) is 0. The van der Waals surface area contributed by atoms with E-state index in [0.717, 1.165) is 44.6 Å². The highest BCUT2D eigenvalue weighted by Gasteiger charge is 2.25. The first-order valence-corrected chi connectivity index (χ1v) is 8.15. The van der Waals surface area contributed by atoms with Crippen molar-refractivity contribution < 1.29 is 9.32 Å². The molecule has 1 aliphatic heterocycles. The zero-order chi connectivity index (χ0) is 16.1. The zero-order valence-corrected chi connectivity index (χ0v) is 15.8. The van der Waals surface area contributed by atoms with Gasteiger partial charge >= 0.3 is 0 Å². The predicted molar refractivity (Wildman–Crippen MR) is 101 cm³/mol. The maximum atomic E-state index is 12.5. The van der Waals surface area contributed by atoms with Crippen molar-refractivity contribution in [2.45, 2.75) is 19.8 Å². The lowest BCUT2D eigenvalue weighted by Gasteiger charge is -2.31. The molecule has 0 spiro atoms. The van der Waals surface area contributed by atoms with Crippen molar-refractivity contribution in [2.24, 2.45) is 5.92 Å². The molecule has 6 nitrogen and oxygen atoms in total. The topological polar surface area (TPSA) is 71.3 Å².